The number of anilines is 1. The molecule has 0 N–H and O–H groups in total. The van der Waals surface area contributed by atoms with Gasteiger partial charge in [-0.2, -0.15) is 4.98 Å². The minimum atomic E-state index is 0.289. The normalized spacial score (nSPS) is 11.1. The SMILES string of the molecule is CC(C)c1noc(N(C)Cc2ccc(Br)s2)n1. The van der Waals surface area contributed by atoms with Crippen molar-refractivity contribution in [1.29, 1.82) is 0 Å². The van der Waals surface area contributed by atoms with Gasteiger partial charge in [0.05, 0.1) is 10.3 Å². The van der Waals surface area contributed by atoms with Crippen LogP contribution in [-0.2, 0) is 6.54 Å². The Morgan fingerprint density at radius 1 is 1.47 bits per heavy atom. The van der Waals surface area contributed by atoms with E-state index >= 15 is 0 Å². The second kappa shape index (κ2) is 5.18. The Morgan fingerprint density at radius 3 is 2.76 bits per heavy atom. The summed E-state index contributed by atoms with van der Waals surface area (Å²) in [7, 11) is 1.95. The van der Waals surface area contributed by atoms with Crippen LogP contribution in [0, 0.1) is 0 Å². The minimum Gasteiger partial charge on any atom is -0.322 e. The maximum Gasteiger partial charge on any atom is 0.324 e. The lowest BCUT2D eigenvalue weighted by Crippen LogP contribution is -2.15. The lowest BCUT2D eigenvalue weighted by Gasteiger charge is -2.11. The molecule has 0 saturated carbocycles. The van der Waals surface area contributed by atoms with E-state index in [2.05, 4.69) is 32.1 Å². The number of nitrogens with zero attached hydrogens (tertiary/aromatic N) is 3. The molecule has 4 nitrogen and oxygen atoms in total. The lowest BCUT2D eigenvalue weighted by atomic mass is 10.2. The van der Waals surface area contributed by atoms with Gasteiger partial charge in [-0.3, -0.25) is 0 Å². The molecule has 0 fully saturated rings. The van der Waals surface area contributed by atoms with Gasteiger partial charge >= 0.3 is 6.01 Å². The minimum absolute atomic E-state index is 0.289. The molecular weight excluding hydrogens is 302 g/mol. The van der Waals surface area contributed by atoms with Crippen molar-refractivity contribution in [3.8, 4) is 0 Å². The lowest BCUT2D eigenvalue weighted by molar-refractivity contribution is 0.407. The van der Waals surface area contributed by atoms with Gasteiger partial charge < -0.3 is 9.42 Å². The monoisotopic (exact) mass is 315 g/mol. The molecule has 0 aliphatic heterocycles. The maximum atomic E-state index is 5.22. The smallest absolute Gasteiger partial charge is 0.322 e. The molecule has 0 bridgehead atoms. The predicted molar refractivity (Wildman–Crippen MR) is 72.5 cm³/mol. The molecule has 0 saturated heterocycles. The molecule has 6 heteroatoms. The molecule has 0 aliphatic rings. The first-order valence-corrected chi connectivity index (χ1v) is 6.96. The van der Waals surface area contributed by atoms with Crippen molar-refractivity contribution >= 4 is 33.3 Å². The number of aromatic nitrogens is 2. The third-order valence-corrected chi connectivity index (χ3v) is 3.90. The van der Waals surface area contributed by atoms with Crippen LogP contribution in [0.4, 0.5) is 6.01 Å². The van der Waals surface area contributed by atoms with Gasteiger partial charge in [0.2, 0.25) is 0 Å². The Kier molecular flexibility index (Phi) is 3.83. The Morgan fingerprint density at radius 2 is 2.24 bits per heavy atom. The van der Waals surface area contributed by atoms with Crippen molar-refractivity contribution in [2.24, 2.45) is 0 Å². The van der Waals surface area contributed by atoms with Crippen LogP contribution in [0.15, 0.2) is 20.4 Å². The van der Waals surface area contributed by atoms with E-state index in [-0.39, 0.29) is 5.92 Å². The molecule has 0 radical (unpaired) electrons. The Labute approximate surface area is 113 Å². The van der Waals surface area contributed by atoms with Gasteiger partial charge in [0.1, 0.15) is 0 Å². The van der Waals surface area contributed by atoms with E-state index < -0.39 is 0 Å². The van der Waals surface area contributed by atoms with Crippen LogP contribution in [0.5, 0.6) is 0 Å². The standard InChI is InChI=1S/C11H14BrN3OS/c1-7(2)10-13-11(16-14-10)15(3)6-8-4-5-9(12)17-8/h4-5,7H,6H2,1-3H3. The van der Waals surface area contributed by atoms with E-state index in [9.17, 15) is 0 Å². The number of rotatable bonds is 4. The molecule has 92 valence electrons. The average molecular weight is 316 g/mol. The summed E-state index contributed by atoms with van der Waals surface area (Å²) in [6, 6.07) is 4.70. The first kappa shape index (κ1) is 12.6. The molecule has 0 unspecified atom stereocenters. The Hall–Kier alpha value is -0.880. The van der Waals surface area contributed by atoms with Crippen molar-refractivity contribution in [2.75, 3.05) is 11.9 Å². The van der Waals surface area contributed by atoms with Gasteiger partial charge in [0.15, 0.2) is 5.82 Å². The zero-order valence-corrected chi connectivity index (χ0v) is 12.4. The van der Waals surface area contributed by atoms with Crippen LogP contribution in [0.25, 0.3) is 0 Å². The molecule has 0 atom stereocenters. The van der Waals surface area contributed by atoms with Crippen LogP contribution in [0.2, 0.25) is 0 Å². The fourth-order valence-corrected chi connectivity index (χ4v) is 2.89. The van der Waals surface area contributed by atoms with Crippen LogP contribution >= 0.6 is 27.3 Å². The van der Waals surface area contributed by atoms with Gasteiger partial charge in [-0.1, -0.05) is 19.0 Å². The summed E-state index contributed by atoms with van der Waals surface area (Å²) < 4.78 is 6.36. The zero-order valence-electron chi connectivity index (χ0n) is 9.98. The summed E-state index contributed by atoms with van der Waals surface area (Å²) in [6.07, 6.45) is 0. The van der Waals surface area contributed by atoms with Gasteiger partial charge in [-0.25, -0.2) is 0 Å². The molecule has 17 heavy (non-hydrogen) atoms. The molecule has 0 amide bonds. The van der Waals surface area contributed by atoms with E-state index in [0.717, 1.165) is 16.2 Å². The Bertz CT molecular complexity index is 494. The first-order valence-electron chi connectivity index (χ1n) is 5.35. The van der Waals surface area contributed by atoms with E-state index in [1.807, 2.05) is 31.9 Å². The third kappa shape index (κ3) is 3.07. The highest BCUT2D eigenvalue weighted by atomic mass is 79.9. The van der Waals surface area contributed by atoms with Gasteiger partial charge in [0, 0.05) is 17.8 Å². The second-order valence-electron chi connectivity index (χ2n) is 4.15. The number of thiophene rings is 1. The molecule has 2 rings (SSSR count). The molecule has 2 heterocycles. The fraction of sp³-hybridized carbons (Fsp3) is 0.455. The molecule has 0 aromatic carbocycles. The van der Waals surface area contributed by atoms with Gasteiger partial charge in [-0.05, 0) is 28.1 Å². The molecular formula is C11H14BrN3OS. The second-order valence-corrected chi connectivity index (χ2v) is 6.70. The fourth-order valence-electron chi connectivity index (χ4n) is 1.35. The molecule has 2 aromatic heterocycles. The van der Waals surface area contributed by atoms with Crippen LogP contribution in [0.3, 0.4) is 0 Å². The summed E-state index contributed by atoms with van der Waals surface area (Å²) in [6.45, 7) is 4.87. The summed E-state index contributed by atoms with van der Waals surface area (Å²) in [5.41, 5.74) is 0. The summed E-state index contributed by atoms with van der Waals surface area (Å²) in [5.74, 6) is 1.04. The highest BCUT2D eigenvalue weighted by molar-refractivity contribution is 9.11. The summed E-state index contributed by atoms with van der Waals surface area (Å²) >= 11 is 5.16. The summed E-state index contributed by atoms with van der Waals surface area (Å²) in [4.78, 5) is 7.56. The number of hydrogen-bond acceptors (Lipinski definition) is 5. The van der Waals surface area contributed by atoms with E-state index in [1.165, 1.54) is 4.88 Å². The van der Waals surface area contributed by atoms with Crippen LogP contribution in [0.1, 0.15) is 30.5 Å². The van der Waals surface area contributed by atoms with Gasteiger partial charge in [-0.15, -0.1) is 11.3 Å². The first-order chi connectivity index (χ1) is 8.06. The summed E-state index contributed by atoms with van der Waals surface area (Å²) in [5, 5.41) is 3.95. The highest BCUT2D eigenvalue weighted by Gasteiger charge is 2.13. The predicted octanol–water partition coefficient (Wildman–Crippen LogP) is 3.65. The van der Waals surface area contributed by atoms with Gasteiger partial charge in [0.25, 0.3) is 0 Å². The quantitative estimate of drug-likeness (QED) is 0.863. The van der Waals surface area contributed by atoms with Crippen molar-refractivity contribution < 1.29 is 4.52 Å². The molecule has 2 aromatic rings. The van der Waals surface area contributed by atoms with Crippen molar-refractivity contribution in [3.63, 3.8) is 0 Å². The Balaban J connectivity index is 2.06. The van der Waals surface area contributed by atoms with E-state index in [1.54, 1.807) is 11.3 Å². The highest BCUT2D eigenvalue weighted by Crippen LogP contribution is 2.24. The van der Waals surface area contributed by atoms with Crippen molar-refractivity contribution in [1.82, 2.24) is 10.1 Å². The largest absolute Gasteiger partial charge is 0.324 e. The average Bonchev–Trinajstić information content (AvgIpc) is 2.86. The van der Waals surface area contributed by atoms with E-state index in [0.29, 0.717) is 6.01 Å². The van der Waals surface area contributed by atoms with Crippen LogP contribution < -0.4 is 4.90 Å². The van der Waals surface area contributed by atoms with Crippen LogP contribution in [-0.4, -0.2) is 17.2 Å². The van der Waals surface area contributed by atoms with Crippen molar-refractivity contribution in [3.05, 3.63) is 26.6 Å². The molecule has 0 spiro atoms. The molecule has 0 aliphatic carbocycles. The third-order valence-electron chi connectivity index (χ3n) is 2.30. The number of hydrogen-bond donors (Lipinski definition) is 0. The zero-order chi connectivity index (χ0) is 12.4. The topological polar surface area (TPSA) is 42.2 Å². The van der Waals surface area contributed by atoms with E-state index in [4.69, 9.17) is 4.52 Å². The number of halogens is 1. The van der Waals surface area contributed by atoms with Crippen molar-refractivity contribution in [2.45, 2.75) is 26.3 Å². The maximum absolute atomic E-state index is 5.22.